The van der Waals surface area contributed by atoms with E-state index in [1.54, 1.807) is 0 Å². The molecule has 2 heterocycles. The van der Waals surface area contributed by atoms with Crippen LogP contribution in [0.1, 0.15) is 12.2 Å². The summed E-state index contributed by atoms with van der Waals surface area (Å²) in [5, 5.41) is 2.09. The van der Waals surface area contributed by atoms with Crippen LogP contribution < -0.4 is 0 Å². The lowest BCUT2D eigenvalue weighted by molar-refractivity contribution is 0.667. The van der Waals surface area contributed by atoms with E-state index in [0.29, 0.717) is 17.5 Å². The van der Waals surface area contributed by atoms with Crippen LogP contribution in [0.4, 0.5) is 0 Å². The summed E-state index contributed by atoms with van der Waals surface area (Å²) in [5.41, 5.74) is 4.31. The van der Waals surface area contributed by atoms with Crippen molar-refractivity contribution in [2.45, 2.75) is 6.42 Å². The SMILES string of the molecule is Brc1cccc2c1oc1c(-c3nc(C4=CC=CCC=C4)nc(-c4ccccc4)n3)cccc12. The summed E-state index contributed by atoms with van der Waals surface area (Å²) in [6, 6.07) is 22.1. The molecule has 5 aromatic rings. The molecule has 158 valence electrons. The third kappa shape index (κ3) is 3.60. The first-order valence-corrected chi connectivity index (χ1v) is 11.5. The van der Waals surface area contributed by atoms with E-state index in [2.05, 4.69) is 46.3 Å². The number of fused-ring (bicyclic) bond motifs is 3. The highest BCUT2D eigenvalue weighted by atomic mass is 79.9. The van der Waals surface area contributed by atoms with Crippen LogP contribution in [0.25, 0.3) is 50.3 Å². The minimum Gasteiger partial charge on any atom is -0.454 e. The number of rotatable bonds is 3. The molecule has 0 radical (unpaired) electrons. The van der Waals surface area contributed by atoms with Crippen LogP contribution >= 0.6 is 15.9 Å². The number of halogens is 1. The second kappa shape index (κ2) is 8.26. The van der Waals surface area contributed by atoms with E-state index in [-0.39, 0.29) is 0 Å². The van der Waals surface area contributed by atoms with Crippen molar-refractivity contribution < 1.29 is 4.42 Å². The Balaban J connectivity index is 1.62. The van der Waals surface area contributed by atoms with E-state index in [0.717, 1.165) is 49.5 Å². The van der Waals surface area contributed by atoms with E-state index in [4.69, 9.17) is 19.4 Å². The average molecular weight is 492 g/mol. The smallest absolute Gasteiger partial charge is 0.167 e. The standard InChI is InChI=1S/C28H18BrN3O/c29-23-17-9-15-21-20-14-8-16-22(24(20)33-25(21)23)28-31-26(18-10-4-1-2-5-11-18)30-27(32-28)19-12-6-3-7-13-19/h1,3-17H,2H2. The summed E-state index contributed by atoms with van der Waals surface area (Å²) in [6.45, 7) is 0. The predicted octanol–water partition coefficient (Wildman–Crippen LogP) is 7.77. The van der Waals surface area contributed by atoms with Crippen LogP contribution in [0.3, 0.4) is 0 Å². The summed E-state index contributed by atoms with van der Waals surface area (Å²) in [7, 11) is 0. The Labute approximate surface area is 199 Å². The summed E-state index contributed by atoms with van der Waals surface area (Å²) in [5.74, 6) is 1.85. The molecular formula is C28H18BrN3O. The fourth-order valence-electron chi connectivity index (χ4n) is 4.03. The van der Waals surface area contributed by atoms with Gasteiger partial charge in [-0.1, -0.05) is 85.0 Å². The molecule has 0 bridgehead atoms. The maximum absolute atomic E-state index is 6.33. The number of allylic oxidation sites excluding steroid dienone is 6. The van der Waals surface area contributed by atoms with Crippen molar-refractivity contribution in [3.05, 3.63) is 107 Å². The van der Waals surface area contributed by atoms with Gasteiger partial charge in [-0.15, -0.1) is 0 Å². The fourth-order valence-corrected chi connectivity index (χ4v) is 4.48. The third-order valence-corrected chi connectivity index (χ3v) is 6.25. The van der Waals surface area contributed by atoms with Crippen LogP contribution in [-0.2, 0) is 0 Å². The van der Waals surface area contributed by atoms with Crippen LogP contribution in [0.2, 0.25) is 0 Å². The normalized spacial score (nSPS) is 13.4. The largest absolute Gasteiger partial charge is 0.454 e. The molecular weight excluding hydrogens is 474 g/mol. The second-order valence-corrected chi connectivity index (χ2v) is 8.62. The number of para-hydroxylation sites is 2. The van der Waals surface area contributed by atoms with Crippen molar-refractivity contribution in [2.24, 2.45) is 0 Å². The highest BCUT2D eigenvalue weighted by molar-refractivity contribution is 9.10. The molecule has 0 spiro atoms. The van der Waals surface area contributed by atoms with Crippen molar-refractivity contribution in [1.29, 1.82) is 0 Å². The molecule has 0 saturated carbocycles. The van der Waals surface area contributed by atoms with Crippen LogP contribution in [-0.4, -0.2) is 15.0 Å². The van der Waals surface area contributed by atoms with Gasteiger partial charge in [0.15, 0.2) is 17.5 Å². The van der Waals surface area contributed by atoms with Crippen molar-refractivity contribution in [3.63, 3.8) is 0 Å². The lowest BCUT2D eigenvalue weighted by atomic mass is 10.1. The highest BCUT2D eigenvalue weighted by Gasteiger charge is 2.18. The minimum absolute atomic E-state index is 0.585. The Morgan fingerprint density at radius 2 is 1.45 bits per heavy atom. The van der Waals surface area contributed by atoms with E-state index in [9.17, 15) is 0 Å². The van der Waals surface area contributed by atoms with Gasteiger partial charge in [0.25, 0.3) is 0 Å². The summed E-state index contributed by atoms with van der Waals surface area (Å²) in [6.07, 6.45) is 11.2. The topological polar surface area (TPSA) is 51.8 Å². The molecule has 0 N–H and O–H groups in total. The Kier molecular flexibility index (Phi) is 4.96. The molecule has 3 aromatic carbocycles. The van der Waals surface area contributed by atoms with Crippen LogP contribution in [0.5, 0.6) is 0 Å². The van der Waals surface area contributed by atoms with Gasteiger partial charge in [0.2, 0.25) is 0 Å². The number of nitrogens with zero attached hydrogens (tertiary/aromatic N) is 3. The predicted molar refractivity (Wildman–Crippen MR) is 137 cm³/mol. The zero-order valence-electron chi connectivity index (χ0n) is 17.6. The number of benzene rings is 3. The first-order valence-electron chi connectivity index (χ1n) is 10.7. The first-order chi connectivity index (χ1) is 16.3. The highest BCUT2D eigenvalue weighted by Crippen LogP contribution is 2.38. The van der Waals surface area contributed by atoms with E-state index in [1.807, 2.05) is 66.7 Å². The van der Waals surface area contributed by atoms with Crippen molar-refractivity contribution in [1.82, 2.24) is 15.0 Å². The van der Waals surface area contributed by atoms with Gasteiger partial charge in [0, 0.05) is 21.9 Å². The van der Waals surface area contributed by atoms with Gasteiger partial charge in [-0.2, -0.15) is 0 Å². The Bertz CT molecular complexity index is 1600. The van der Waals surface area contributed by atoms with E-state index in [1.165, 1.54) is 0 Å². The summed E-state index contributed by atoms with van der Waals surface area (Å²) >= 11 is 3.61. The molecule has 33 heavy (non-hydrogen) atoms. The van der Waals surface area contributed by atoms with Gasteiger partial charge in [0.1, 0.15) is 11.2 Å². The fraction of sp³-hybridized carbons (Fsp3) is 0.0357. The number of hydrogen-bond donors (Lipinski definition) is 0. The molecule has 0 unspecified atom stereocenters. The molecule has 6 rings (SSSR count). The van der Waals surface area contributed by atoms with Gasteiger partial charge >= 0.3 is 0 Å². The molecule has 1 aliphatic rings. The van der Waals surface area contributed by atoms with Gasteiger partial charge in [0.05, 0.1) is 10.0 Å². The molecule has 4 nitrogen and oxygen atoms in total. The number of furan rings is 1. The average Bonchev–Trinajstić information content (AvgIpc) is 3.05. The monoisotopic (exact) mass is 491 g/mol. The molecule has 2 aromatic heterocycles. The maximum atomic E-state index is 6.33. The number of aromatic nitrogens is 3. The molecule has 0 fully saturated rings. The summed E-state index contributed by atoms with van der Waals surface area (Å²) < 4.78 is 7.25. The van der Waals surface area contributed by atoms with Crippen molar-refractivity contribution in [2.75, 3.05) is 0 Å². The van der Waals surface area contributed by atoms with Crippen LogP contribution in [0, 0.1) is 0 Å². The minimum atomic E-state index is 0.585. The lowest BCUT2D eigenvalue weighted by Gasteiger charge is -2.09. The van der Waals surface area contributed by atoms with Crippen LogP contribution in [0.15, 0.2) is 106 Å². The van der Waals surface area contributed by atoms with E-state index >= 15 is 0 Å². The first kappa shape index (κ1) is 19.8. The molecule has 0 aliphatic heterocycles. The van der Waals surface area contributed by atoms with E-state index < -0.39 is 0 Å². The molecule has 0 atom stereocenters. The molecule has 0 amide bonds. The zero-order valence-corrected chi connectivity index (χ0v) is 19.2. The van der Waals surface area contributed by atoms with Gasteiger partial charge in [-0.05, 0) is 34.5 Å². The third-order valence-electron chi connectivity index (χ3n) is 5.62. The zero-order chi connectivity index (χ0) is 22.2. The Morgan fingerprint density at radius 3 is 2.33 bits per heavy atom. The van der Waals surface area contributed by atoms with Gasteiger partial charge in [-0.3, -0.25) is 0 Å². The van der Waals surface area contributed by atoms with Gasteiger partial charge in [-0.25, -0.2) is 15.0 Å². The van der Waals surface area contributed by atoms with Crippen molar-refractivity contribution in [3.8, 4) is 22.8 Å². The molecule has 5 heteroatoms. The summed E-state index contributed by atoms with van der Waals surface area (Å²) in [4.78, 5) is 14.6. The Hall–Kier alpha value is -3.83. The maximum Gasteiger partial charge on any atom is 0.167 e. The van der Waals surface area contributed by atoms with Gasteiger partial charge < -0.3 is 4.42 Å². The van der Waals surface area contributed by atoms with Crippen molar-refractivity contribution >= 4 is 43.4 Å². The second-order valence-electron chi connectivity index (χ2n) is 7.76. The Morgan fingerprint density at radius 1 is 0.697 bits per heavy atom. The quantitative estimate of drug-likeness (QED) is 0.258. The molecule has 0 saturated heterocycles. The lowest BCUT2D eigenvalue weighted by Crippen LogP contribution is -2.02. The number of hydrogen-bond acceptors (Lipinski definition) is 4. The molecule has 1 aliphatic carbocycles.